The Morgan fingerprint density at radius 3 is 3.00 bits per heavy atom. The average molecular weight is 269 g/mol. The number of pyridine rings is 1. The first-order valence-corrected chi connectivity index (χ1v) is 6.40. The monoisotopic (exact) mass is 269 g/mol. The summed E-state index contributed by atoms with van der Waals surface area (Å²) < 4.78 is 1.95. The van der Waals surface area contributed by atoms with Crippen molar-refractivity contribution in [1.82, 2.24) is 19.9 Å². The molecule has 0 saturated carbocycles. The van der Waals surface area contributed by atoms with E-state index in [0.29, 0.717) is 24.3 Å². The highest BCUT2D eigenvalue weighted by Crippen LogP contribution is 2.26. The van der Waals surface area contributed by atoms with Gasteiger partial charge in [0.1, 0.15) is 5.52 Å². The van der Waals surface area contributed by atoms with Crippen molar-refractivity contribution in [2.75, 3.05) is 12.8 Å². The molecule has 6 nitrogen and oxygen atoms in total. The molecule has 0 spiro atoms. The number of carbonyl (C=O) groups is 1. The molecular formula is C14H15N5O. The zero-order chi connectivity index (χ0) is 14.1. The van der Waals surface area contributed by atoms with Crippen molar-refractivity contribution >= 4 is 33.7 Å². The molecule has 1 aromatic carbocycles. The van der Waals surface area contributed by atoms with Crippen LogP contribution < -0.4 is 11.1 Å². The largest absolute Gasteiger partial charge is 0.382 e. The molecule has 0 radical (unpaired) electrons. The van der Waals surface area contributed by atoms with E-state index < -0.39 is 0 Å². The molecule has 0 fully saturated rings. The fourth-order valence-electron chi connectivity index (χ4n) is 2.32. The summed E-state index contributed by atoms with van der Waals surface area (Å²) in [5.74, 6) is 0.413. The number of nitrogens with one attached hydrogen (secondary N) is 1. The Morgan fingerprint density at radius 1 is 1.40 bits per heavy atom. The number of nitrogens with zero attached hydrogens (tertiary/aromatic N) is 3. The van der Waals surface area contributed by atoms with Crippen molar-refractivity contribution in [3.05, 3.63) is 30.6 Å². The maximum absolute atomic E-state index is 11.4. The predicted molar refractivity (Wildman–Crippen MR) is 78.1 cm³/mol. The number of hydrogen-bond donors (Lipinski definition) is 2. The molecule has 0 unspecified atom stereocenters. The molecule has 0 aliphatic carbocycles. The lowest BCUT2D eigenvalue weighted by molar-refractivity contribution is -0.120. The van der Waals surface area contributed by atoms with E-state index >= 15 is 0 Å². The topological polar surface area (TPSA) is 85.8 Å². The molecule has 2 heterocycles. The maximum Gasteiger partial charge on any atom is 0.221 e. The first-order valence-electron chi connectivity index (χ1n) is 6.40. The van der Waals surface area contributed by atoms with Gasteiger partial charge in [-0.3, -0.25) is 4.79 Å². The maximum atomic E-state index is 11.4. The number of aromatic nitrogens is 3. The molecular weight excluding hydrogens is 254 g/mol. The van der Waals surface area contributed by atoms with Gasteiger partial charge in [-0.2, -0.15) is 0 Å². The molecule has 6 heteroatoms. The molecule has 0 bridgehead atoms. The number of benzene rings is 1. The average Bonchev–Trinajstić information content (AvgIpc) is 2.90. The summed E-state index contributed by atoms with van der Waals surface area (Å²) in [7, 11) is 1.63. The molecule has 2 aromatic heterocycles. The number of aryl methyl sites for hydroxylation is 1. The standard InChI is InChI=1S/C14H15N5O/c1-16-11(20)6-7-19-8-17-12-13(19)9-4-2-3-5-10(9)18-14(12)15/h2-5,8H,6-7H2,1H3,(H2,15,18)(H,16,20). The van der Waals surface area contributed by atoms with Crippen LogP contribution in [0.4, 0.5) is 5.82 Å². The Balaban J connectivity index is 2.16. The van der Waals surface area contributed by atoms with Gasteiger partial charge in [0.2, 0.25) is 5.91 Å². The minimum Gasteiger partial charge on any atom is -0.382 e. The van der Waals surface area contributed by atoms with Crippen molar-refractivity contribution in [2.24, 2.45) is 0 Å². The van der Waals surface area contributed by atoms with E-state index in [1.54, 1.807) is 13.4 Å². The first kappa shape index (κ1) is 12.4. The van der Waals surface area contributed by atoms with Gasteiger partial charge in [0.25, 0.3) is 0 Å². The van der Waals surface area contributed by atoms with Gasteiger partial charge in [0, 0.05) is 25.4 Å². The zero-order valence-corrected chi connectivity index (χ0v) is 11.1. The second kappa shape index (κ2) is 4.80. The van der Waals surface area contributed by atoms with Crippen LogP contribution in [0.25, 0.3) is 21.9 Å². The van der Waals surface area contributed by atoms with Gasteiger partial charge in [0.05, 0.1) is 17.4 Å². The van der Waals surface area contributed by atoms with E-state index in [9.17, 15) is 4.79 Å². The lowest BCUT2D eigenvalue weighted by Gasteiger charge is -2.07. The second-order valence-electron chi connectivity index (χ2n) is 4.57. The van der Waals surface area contributed by atoms with Gasteiger partial charge in [0.15, 0.2) is 5.82 Å². The van der Waals surface area contributed by atoms with Crippen LogP contribution in [-0.2, 0) is 11.3 Å². The number of amides is 1. The van der Waals surface area contributed by atoms with Gasteiger partial charge in [-0.1, -0.05) is 18.2 Å². The first-order chi connectivity index (χ1) is 9.70. The Hall–Kier alpha value is -2.63. The van der Waals surface area contributed by atoms with Gasteiger partial charge in [-0.05, 0) is 6.07 Å². The van der Waals surface area contributed by atoms with Crippen LogP contribution in [0.2, 0.25) is 0 Å². The summed E-state index contributed by atoms with van der Waals surface area (Å²) in [6.45, 7) is 0.559. The highest BCUT2D eigenvalue weighted by atomic mass is 16.1. The fraction of sp³-hybridized carbons (Fsp3) is 0.214. The molecule has 102 valence electrons. The van der Waals surface area contributed by atoms with Crippen LogP contribution in [0.3, 0.4) is 0 Å². The van der Waals surface area contributed by atoms with Gasteiger partial charge >= 0.3 is 0 Å². The molecule has 0 aliphatic rings. The summed E-state index contributed by atoms with van der Waals surface area (Å²) in [6, 6.07) is 7.78. The lowest BCUT2D eigenvalue weighted by Crippen LogP contribution is -2.19. The molecule has 3 rings (SSSR count). The van der Waals surface area contributed by atoms with Crippen LogP contribution in [0.5, 0.6) is 0 Å². The number of nitrogens with two attached hydrogens (primary N) is 1. The van der Waals surface area contributed by atoms with Crippen molar-refractivity contribution in [3.63, 3.8) is 0 Å². The van der Waals surface area contributed by atoms with E-state index in [-0.39, 0.29) is 5.91 Å². The summed E-state index contributed by atoms with van der Waals surface area (Å²) in [5, 5.41) is 3.61. The second-order valence-corrected chi connectivity index (χ2v) is 4.57. The number of anilines is 1. The van der Waals surface area contributed by atoms with Gasteiger partial charge in [-0.15, -0.1) is 0 Å². The molecule has 3 aromatic rings. The smallest absolute Gasteiger partial charge is 0.221 e. The van der Waals surface area contributed by atoms with Crippen LogP contribution >= 0.6 is 0 Å². The molecule has 20 heavy (non-hydrogen) atoms. The van der Waals surface area contributed by atoms with Crippen LogP contribution in [0.1, 0.15) is 6.42 Å². The van der Waals surface area contributed by atoms with Crippen LogP contribution in [0, 0.1) is 0 Å². The van der Waals surface area contributed by atoms with E-state index in [1.807, 2.05) is 28.8 Å². The molecule has 0 saturated heterocycles. The van der Waals surface area contributed by atoms with Crippen molar-refractivity contribution < 1.29 is 4.79 Å². The minimum absolute atomic E-state index is 0.00168. The SMILES string of the molecule is CNC(=O)CCn1cnc2c(N)nc3ccccc3c21. The summed E-state index contributed by atoms with van der Waals surface area (Å²) in [6.07, 6.45) is 2.11. The minimum atomic E-state index is -0.00168. The fourth-order valence-corrected chi connectivity index (χ4v) is 2.32. The molecule has 0 aliphatic heterocycles. The number of para-hydroxylation sites is 1. The predicted octanol–water partition coefficient (Wildman–Crippen LogP) is 1.30. The Bertz CT molecular complexity index is 793. The Labute approximate surface area is 115 Å². The number of hydrogen-bond acceptors (Lipinski definition) is 4. The number of carbonyl (C=O) groups excluding carboxylic acids is 1. The van der Waals surface area contributed by atoms with E-state index in [1.165, 1.54) is 0 Å². The van der Waals surface area contributed by atoms with Crippen LogP contribution in [-0.4, -0.2) is 27.5 Å². The van der Waals surface area contributed by atoms with Crippen molar-refractivity contribution in [2.45, 2.75) is 13.0 Å². The van der Waals surface area contributed by atoms with E-state index in [0.717, 1.165) is 16.4 Å². The molecule has 3 N–H and O–H groups in total. The van der Waals surface area contributed by atoms with Gasteiger partial charge < -0.3 is 15.6 Å². The Morgan fingerprint density at radius 2 is 2.20 bits per heavy atom. The third-order valence-corrected chi connectivity index (χ3v) is 3.34. The van der Waals surface area contributed by atoms with Crippen molar-refractivity contribution in [1.29, 1.82) is 0 Å². The van der Waals surface area contributed by atoms with E-state index in [2.05, 4.69) is 15.3 Å². The normalized spacial score (nSPS) is 11.1. The summed E-state index contributed by atoms with van der Waals surface area (Å²) in [5.41, 5.74) is 8.39. The lowest BCUT2D eigenvalue weighted by atomic mass is 10.2. The quantitative estimate of drug-likeness (QED) is 0.750. The van der Waals surface area contributed by atoms with Gasteiger partial charge in [-0.25, -0.2) is 9.97 Å². The molecule has 1 amide bonds. The highest BCUT2D eigenvalue weighted by molar-refractivity contribution is 6.06. The summed E-state index contributed by atoms with van der Waals surface area (Å²) >= 11 is 0. The zero-order valence-electron chi connectivity index (χ0n) is 11.1. The Kier molecular flexibility index (Phi) is 2.98. The van der Waals surface area contributed by atoms with E-state index in [4.69, 9.17) is 5.73 Å². The molecule has 0 atom stereocenters. The number of rotatable bonds is 3. The highest BCUT2D eigenvalue weighted by Gasteiger charge is 2.12. The third-order valence-electron chi connectivity index (χ3n) is 3.34. The van der Waals surface area contributed by atoms with Crippen LogP contribution in [0.15, 0.2) is 30.6 Å². The number of nitrogen functional groups attached to an aromatic ring is 1. The number of imidazole rings is 1. The van der Waals surface area contributed by atoms with Crippen molar-refractivity contribution in [3.8, 4) is 0 Å². The number of fused-ring (bicyclic) bond motifs is 3. The summed E-state index contributed by atoms with van der Waals surface area (Å²) in [4.78, 5) is 20.1. The third kappa shape index (κ3) is 1.95.